The van der Waals surface area contributed by atoms with Crippen molar-refractivity contribution in [1.82, 2.24) is 10.2 Å². The van der Waals surface area contributed by atoms with Crippen LogP contribution in [0.25, 0.3) is 0 Å². The van der Waals surface area contributed by atoms with E-state index in [2.05, 4.69) is 10.6 Å². The second-order valence-electron chi connectivity index (χ2n) is 10.5. The van der Waals surface area contributed by atoms with Gasteiger partial charge < -0.3 is 25.4 Å². The van der Waals surface area contributed by atoms with Gasteiger partial charge in [-0.1, -0.05) is 42.5 Å². The fourth-order valence-electron chi connectivity index (χ4n) is 6.36. The number of nitrogens with one attached hydrogen (secondary N) is 2. The molecule has 1 spiro atoms. The number of anilines is 1. The number of nitrogens with zero attached hydrogens (tertiary/aromatic N) is 1. The third-order valence-electron chi connectivity index (χ3n) is 8.12. The molecule has 0 saturated carbocycles. The number of hydrogen-bond acceptors (Lipinski definition) is 5. The van der Waals surface area contributed by atoms with Gasteiger partial charge in [0.05, 0.1) is 17.9 Å². The molecule has 37 heavy (non-hydrogen) atoms. The molecule has 3 amide bonds. The van der Waals surface area contributed by atoms with Gasteiger partial charge in [-0.25, -0.2) is 0 Å². The topological polar surface area (TPSA) is 108 Å². The van der Waals surface area contributed by atoms with Gasteiger partial charge in [0.15, 0.2) is 0 Å². The molecule has 3 aliphatic rings. The molecule has 0 radical (unpaired) electrons. The maximum absolute atomic E-state index is 13.9. The monoisotopic (exact) mass is 505 g/mol. The van der Waals surface area contributed by atoms with Gasteiger partial charge in [-0.2, -0.15) is 0 Å². The minimum atomic E-state index is -1.03. The summed E-state index contributed by atoms with van der Waals surface area (Å²) in [6.07, 6.45) is 1.88. The first-order valence-corrected chi connectivity index (χ1v) is 13.1. The lowest BCUT2D eigenvalue weighted by molar-refractivity contribution is -0.141. The Bertz CT molecular complexity index is 1190. The highest BCUT2D eigenvalue weighted by atomic mass is 16.5. The average Bonchev–Trinajstić information content (AvgIpc) is 3.53. The Morgan fingerprint density at radius 1 is 1.11 bits per heavy atom. The van der Waals surface area contributed by atoms with E-state index in [1.165, 1.54) is 0 Å². The lowest BCUT2D eigenvalue weighted by Crippen LogP contribution is -2.53. The predicted octanol–water partition coefficient (Wildman–Crippen LogP) is 2.71. The van der Waals surface area contributed by atoms with Gasteiger partial charge in [-0.05, 0) is 62.3 Å². The van der Waals surface area contributed by atoms with Crippen LogP contribution >= 0.6 is 0 Å². The van der Waals surface area contributed by atoms with Crippen LogP contribution in [-0.2, 0) is 25.7 Å². The molecule has 0 aromatic heterocycles. The molecule has 2 aromatic rings. The summed E-state index contributed by atoms with van der Waals surface area (Å²) in [6, 6.07) is 14.7. The summed E-state index contributed by atoms with van der Waals surface area (Å²) >= 11 is 0. The number of fused-ring (bicyclic) bond motifs is 1. The number of amides is 3. The summed E-state index contributed by atoms with van der Waals surface area (Å²) in [4.78, 5) is 42.7. The zero-order valence-corrected chi connectivity index (χ0v) is 21.4. The average molecular weight is 506 g/mol. The molecule has 5 rings (SSSR count). The van der Waals surface area contributed by atoms with Crippen LogP contribution in [0, 0.1) is 25.7 Å². The van der Waals surface area contributed by atoms with Gasteiger partial charge in [0, 0.05) is 25.4 Å². The number of hydrogen-bond donors (Lipinski definition) is 3. The number of unbranched alkanes of at least 4 members (excludes halogenated alkanes) is 1. The zero-order valence-electron chi connectivity index (χ0n) is 21.4. The third-order valence-corrected chi connectivity index (χ3v) is 8.12. The molecule has 8 nitrogen and oxygen atoms in total. The maximum Gasteiger partial charge on any atom is 0.250 e. The first-order chi connectivity index (χ1) is 17.9. The highest BCUT2D eigenvalue weighted by Crippen LogP contribution is 2.58. The fraction of sp³-hybridized carbons (Fsp3) is 0.483. The molecule has 2 bridgehead atoms. The van der Waals surface area contributed by atoms with Crippen LogP contribution in [-0.4, -0.2) is 58.6 Å². The number of likely N-dealkylation sites (tertiary alicyclic amines) is 1. The molecule has 5 atom stereocenters. The second kappa shape index (κ2) is 10.3. The number of carbonyl (C=O) groups excluding carboxylic acids is 3. The van der Waals surface area contributed by atoms with Gasteiger partial charge in [-0.3, -0.25) is 14.4 Å². The van der Waals surface area contributed by atoms with Crippen molar-refractivity contribution in [1.29, 1.82) is 0 Å². The van der Waals surface area contributed by atoms with E-state index in [1.807, 2.05) is 62.4 Å². The molecule has 3 saturated heterocycles. The molecule has 8 heteroatoms. The molecule has 3 fully saturated rings. The summed E-state index contributed by atoms with van der Waals surface area (Å²) in [5.74, 6) is -2.05. The van der Waals surface area contributed by atoms with Crippen molar-refractivity contribution < 1.29 is 24.2 Å². The maximum atomic E-state index is 13.9. The van der Waals surface area contributed by atoms with Crippen LogP contribution in [0.5, 0.6) is 0 Å². The van der Waals surface area contributed by atoms with Crippen molar-refractivity contribution in [3.05, 3.63) is 65.2 Å². The van der Waals surface area contributed by atoms with Gasteiger partial charge in [0.2, 0.25) is 17.7 Å². The lowest BCUT2D eigenvalue weighted by Gasteiger charge is -2.33. The summed E-state index contributed by atoms with van der Waals surface area (Å²) < 4.78 is 6.47. The minimum absolute atomic E-state index is 0.0129. The van der Waals surface area contributed by atoms with Crippen LogP contribution in [0.15, 0.2) is 48.5 Å². The number of rotatable bonds is 9. The van der Waals surface area contributed by atoms with Crippen molar-refractivity contribution in [2.75, 3.05) is 18.5 Å². The van der Waals surface area contributed by atoms with Crippen LogP contribution < -0.4 is 10.6 Å². The van der Waals surface area contributed by atoms with E-state index in [0.717, 1.165) is 16.7 Å². The zero-order chi connectivity index (χ0) is 26.2. The normalized spacial score (nSPS) is 27.9. The van der Waals surface area contributed by atoms with Crippen molar-refractivity contribution in [3.63, 3.8) is 0 Å². The van der Waals surface area contributed by atoms with Crippen LogP contribution in [0.3, 0.4) is 0 Å². The first kappa shape index (κ1) is 25.4. The second-order valence-corrected chi connectivity index (χ2v) is 10.5. The van der Waals surface area contributed by atoms with Crippen LogP contribution in [0.4, 0.5) is 5.69 Å². The number of carbonyl (C=O) groups is 3. The first-order valence-electron chi connectivity index (χ1n) is 13.1. The van der Waals surface area contributed by atoms with Gasteiger partial charge in [0.1, 0.15) is 11.6 Å². The van der Waals surface area contributed by atoms with E-state index >= 15 is 0 Å². The molecule has 0 aliphatic carbocycles. The van der Waals surface area contributed by atoms with Crippen molar-refractivity contribution in [3.8, 4) is 0 Å². The Morgan fingerprint density at radius 3 is 2.65 bits per heavy atom. The van der Waals surface area contributed by atoms with Gasteiger partial charge >= 0.3 is 0 Å². The number of aliphatic hydroxyl groups excluding tert-OH is 1. The number of benzene rings is 2. The van der Waals surface area contributed by atoms with E-state index in [9.17, 15) is 19.5 Å². The standard InChI is InChI=1S/C29H35N3O5/c1-18-10-11-19(2)21(16-18)31-27(35)25-29-13-12-22(37-29)23(24(29)28(36)32(25)14-6-7-15-33)26(34)30-17-20-8-4-3-5-9-20/h3-5,8-11,16,22-25,33H,6-7,12-15,17H2,1-2H3,(H,30,34)(H,31,35)/t22-,23+,24+,25?,29?/m1/s1. The SMILES string of the molecule is Cc1ccc(C)c(NC(=O)C2N(CCCCO)C(=O)[C@@H]3[C@@H](C(=O)NCc4ccccc4)[C@H]4CCC23O4)c1. The van der Waals surface area contributed by atoms with Crippen molar-refractivity contribution in [2.24, 2.45) is 11.8 Å². The number of aliphatic hydroxyl groups is 1. The molecule has 2 aromatic carbocycles. The molecule has 2 unspecified atom stereocenters. The van der Waals surface area contributed by atoms with Crippen molar-refractivity contribution in [2.45, 2.75) is 63.8 Å². The number of aryl methyl sites for hydroxylation is 2. The Kier molecular flexibility index (Phi) is 7.05. The largest absolute Gasteiger partial charge is 0.396 e. The quantitative estimate of drug-likeness (QED) is 0.454. The molecule has 3 N–H and O–H groups in total. The van der Waals surface area contributed by atoms with E-state index in [0.29, 0.717) is 44.5 Å². The Labute approximate surface area is 217 Å². The Hall–Kier alpha value is -3.23. The highest BCUT2D eigenvalue weighted by Gasteiger charge is 2.74. The summed E-state index contributed by atoms with van der Waals surface area (Å²) in [6.45, 7) is 4.60. The molecular formula is C29H35N3O5. The van der Waals surface area contributed by atoms with E-state index < -0.39 is 23.5 Å². The van der Waals surface area contributed by atoms with Crippen molar-refractivity contribution >= 4 is 23.4 Å². The van der Waals surface area contributed by atoms with E-state index in [-0.39, 0.29) is 30.4 Å². The number of ether oxygens (including phenoxy) is 1. The minimum Gasteiger partial charge on any atom is -0.396 e. The van der Waals surface area contributed by atoms with E-state index in [4.69, 9.17) is 4.74 Å². The summed E-state index contributed by atoms with van der Waals surface area (Å²) in [7, 11) is 0. The molecular weight excluding hydrogens is 470 g/mol. The summed E-state index contributed by atoms with van der Waals surface area (Å²) in [5, 5.41) is 15.4. The molecule has 3 aliphatic heterocycles. The predicted molar refractivity (Wildman–Crippen MR) is 138 cm³/mol. The van der Waals surface area contributed by atoms with Crippen LogP contribution in [0.2, 0.25) is 0 Å². The fourth-order valence-corrected chi connectivity index (χ4v) is 6.36. The molecule has 3 heterocycles. The molecule has 196 valence electrons. The summed E-state index contributed by atoms with van der Waals surface area (Å²) in [5.41, 5.74) is 2.60. The van der Waals surface area contributed by atoms with Gasteiger partial charge in [0.25, 0.3) is 0 Å². The Balaban J connectivity index is 1.42. The smallest absolute Gasteiger partial charge is 0.250 e. The van der Waals surface area contributed by atoms with E-state index in [1.54, 1.807) is 4.90 Å². The highest BCUT2D eigenvalue weighted by molar-refractivity contribution is 6.03. The van der Waals surface area contributed by atoms with Gasteiger partial charge in [-0.15, -0.1) is 0 Å². The lowest BCUT2D eigenvalue weighted by atomic mass is 9.70. The Morgan fingerprint density at radius 2 is 1.89 bits per heavy atom. The van der Waals surface area contributed by atoms with Crippen LogP contribution in [0.1, 0.15) is 42.4 Å². The third kappa shape index (κ3) is 4.53.